The molecule has 0 aliphatic carbocycles. The lowest BCUT2D eigenvalue weighted by molar-refractivity contribution is -0.141. The molecule has 32 heavy (non-hydrogen) atoms. The first kappa shape index (κ1) is 23.7. The van der Waals surface area contributed by atoms with Crippen molar-refractivity contribution in [3.8, 4) is 0 Å². The van der Waals surface area contributed by atoms with Gasteiger partial charge >= 0.3 is 0 Å². The molecule has 1 heterocycles. The van der Waals surface area contributed by atoms with Crippen molar-refractivity contribution < 1.29 is 22.8 Å². The Hall–Kier alpha value is -2.91. The van der Waals surface area contributed by atoms with E-state index in [0.717, 1.165) is 0 Å². The van der Waals surface area contributed by atoms with Gasteiger partial charge in [-0.1, -0.05) is 48.9 Å². The molecule has 0 spiro atoms. The van der Waals surface area contributed by atoms with E-state index in [9.17, 15) is 22.8 Å². The Bertz CT molecular complexity index is 1150. The van der Waals surface area contributed by atoms with Crippen molar-refractivity contribution in [1.29, 1.82) is 0 Å². The van der Waals surface area contributed by atoms with Gasteiger partial charge in [-0.2, -0.15) is 0 Å². The van der Waals surface area contributed by atoms with E-state index < -0.39 is 34.4 Å². The van der Waals surface area contributed by atoms with E-state index in [2.05, 4.69) is 5.32 Å². The number of hydrogen-bond acceptors (Lipinski definition) is 5. The van der Waals surface area contributed by atoms with Crippen LogP contribution in [-0.4, -0.2) is 54.5 Å². The first-order chi connectivity index (χ1) is 15.2. The largest absolute Gasteiger partial charge is 0.355 e. The highest BCUT2D eigenvalue weighted by Crippen LogP contribution is 2.30. The summed E-state index contributed by atoms with van der Waals surface area (Å²) in [6, 6.07) is 11.8. The summed E-state index contributed by atoms with van der Waals surface area (Å²) >= 11 is 6.26. The van der Waals surface area contributed by atoms with Crippen molar-refractivity contribution in [1.82, 2.24) is 14.5 Å². The average Bonchev–Trinajstić information content (AvgIpc) is 2.96. The van der Waals surface area contributed by atoms with Crippen LogP contribution in [0.2, 0.25) is 5.02 Å². The van der Waals surface area contributed by atoms with Gasteiger partial charge in [-0.15, -0.1) is 0 Å². The van der Waals surface area contributed by atoms with Crippen molar-refractivity contribution in [3.05, 3.63) is 64.7 Å². The van der Waals surface area contributed by atoms with Crippen LogP contribution in [-0.2, 0) is 26.2 Å². The van der Waals surface area contributed by atoms with Gasteiger partial charge in [-0.05, 0) is 37.1 Å². The van der Waals surface area contributed by atoms with Crippen molar-refractivity contribution in [2.24, 2.45) is 0 Å². The number of carbonyl (C=O) groups excluding carboxylic acids is 3. The van der Waals surface area contributed by atoms with Gasteiger partial charge in [-0.25, -0.2) is 12.7 Å². The first-order valence-electron chi connectivity index (χ1n) is 10.2. The van der Waals surface area contributed by atoms with Crippen LogP contribution < -0.4 is 5.32 Å². The monoisotopic (exact) mass is 477 g/mol. The Kier molecular flexibility index (Phi) is 7.20. The number of halogens is 1. The van der Waals surface area contributed by atoms with Crippen LogP contribution >= 0.6 is 11.6 Å². The summed E-state index contributed by atoms with van der Waals surface area (Å²) in [6.07, 6.45) is 0.295. The minimum atomic E-state index is -4.16. The van der Waals surface area contributed by atoms with Crippen LogP contribution in [0.4, 0.5) is 0 Å². The highest BCUT2D eigenvalue weighted by Gasteiger charge is 2.43. The molecule has 1 atom stereocenters. The summed E-state index contributed by atoms with van der Waals surface area (Å²) in [5.74, 6) is -1.81. The second-order valence-electron chi connectivity index (χ2n) is 7.24. The second kappa shape index (κ2) is 9.70. The molecule has 170 valence electrons. The van der Waals surface area contributed by atoms with Crippen LogP contribution in [0.5, 0.6) is 0 Å². The quantitative estimate of drug-likeness (QED) is 0.628. The molecule has 1 aliphatic rings. The molecular weight excluding hydrogens is 454 g/mol. The lowest BCUT2D eigenvalue weighted by Crippen LogP contribution is -2.52. The molecule has 3 amide bonds. The third-order valence-corrected chi connectivity index (χ3v) is 7.38. The van der Waals surface area contributed by atoms with Gasteiger partial charge in [0.1, 0.15) is 17.5 Å². The number of nitrogens with zero attached hydrogens (tertiary/aromatic N) is 2. The zero-order valence-electron chi connectivity index (χ0n) is 17.7. The number of hydrogen-bond donors (Lipinski definition) is 1. The standard InChI is InChI=1S/C22H24ClN3O5S/c1-3-18(21(28)24-4-2)25(13-15-9-5-7-11-17(15)23)20(27)14-26-22(29)16-10-6-8-12-19(16)32(26,30)31/h5-12,18H,3-4,13-14H2,1-2H3,(H,24,28)/t18-/m0/s1. The summed E-state index contributed by atoms with van der Waals surface area (Å²) in [4.78, 5) is 39.9. The smallest absolute Gasteiger partial charge is 0.269 e. The fourth-order valence-corrected chi connectivity index (χ4v) is 5.34. The number of rotatable bonds is 8. The van der Waals surface area contributed by atoms with E-state index >= 15 is 0 Å². The van der Waals surface area contributed by atoms with Gasteiger partial charge in [-0.3, -0.25) is 14.4 Å². The lowest BCUT2D eigenvalue weighted by Gasteiger charge is -2.31. The fraction of sp³-hybridized carbons (Fsp3) is 0.318. The fourth-order valence-electron chi connectivity index (χ4n) is 3.62. The van der Waals surface area contributed by atoms with Crippen molar-refractivity contribution in [3.63, 3.8) is 0 Å². The molecular formula is C22H24ClN3O5S. The molecule has 0 saturated heterocycles. The molecule has 0 bridgehead atoms. The van der Waals surface area contributed by atoms with E-state index in [-0.39, 0.29) is 22.9 Å². The molecule has 0 radical (unpaired) electrons. The summed E-state index contributed by atoms with van der Waals surface area (Å²) in [5.41, 5.74) is 0.623. The van der Waals surface area contributed by atoms with Crippen LogP contribution in [0.1, 0.15) is 36.2 Å². The molecule has 2 aromatic rings. The number of likely N-dealkylation sites (N-methyl/N-ethyl adjacent to an activating group) is 1. The van der Waals surface area contributed by atoms with Gasteiger partial charge < -0.3 is 10.2 Å². The highest BCUT2D eigenvalue weighted by molar-refractivity contribution is 7.90. The Morgan fingerprint density at radius 3 is 2.38 bits per heavy atom. The molecule has 1 N–H and O–H groups in total. The van der Waals surface area contributed by atoms with Gasteiger partial charge in [0.15, 0.2) is 0 Å². The maximum Gasteiger partial charge on any atom is 0.269 e. The molecule has 8 nitrogen and oxygen atoms in total. The van der Waals surface area contributed by atoms with Crippen molar-refractivity contribution in [2.75, 3.05) is 13.1 Å². The molecule has 2 aromatic carbocycles. The molecule has 0 unspecified atom stereocenters. The van der Waals surface area contributed by atoms with Crippen molar-refractivity contribution >= 4 is 39.3 Å². The Morgan fingerprint density at radius 2 is 1.75 bits per heavy atom. The third-order valence-electron chi connectivity index (χ3n) is 5.23. The number of fused-ring (bicyclic) bond motifs is 1. The minimum absolute atomic E-state index is 0.0107. The van der Waals surface area contributed by atoms with E-state index in [1.54, 1.807) is 44.2 Å². The molecule has 1 aliphatic heterocycles. The topological polar surface area (TPSA) is 104 Å². The van der Waals surface area contributed by atoms with Gasteiger partial charge in [0.2, 0.25) is 11.8 Å². The van der Waals surface area contributed by atoms with E-state index in [4.69, 9.17) is 11.6 Å². The van der Waals surface area contributed by atoms with Gasteiger partial charge in [0.25, 0.3) is 15.9 Å². The summed E-state index contributed by atoms with van der Waals surface area (Å²) < 4.78 is 26.3. The maximum absolute atomic E-state index is 13.4. The molecule has 0 aromatic heterocycles. The Morgan fingerprint density at radius 1 is 1.09 bits per heavy atom. The molecule has 0 saturated carbocycles. The van der Waals surface area contributed by atoms with Gasteiger partial charge in [0, 0.05) is 18.1 Å². The summed E-state index contributed by atoms with van der Waals surface area (Å²) in [5, 5.41) is 3.11. The lowest BCUT2D eigenvalue weighted by atomic mass is 10.1. The van der Waals surface area contributed by atoms with Crippen molar-refractivity contribution in [2.45, 2.75) is 37.8 Å². The number of sulfonamides is 1. The first-order valence-corrected chi connectivity index (χ1v) is 12.0. The van der Waals surface area contributed by atoms with Crippen LogP contribution in [0.15, 0.2) is 53.4 Å². The highest BCUT2D eigenvalue weighted by atomic mass is 35.5. The summed E-state index contributed by atoms with van der Waals surface area (Å²) in [7, 11) is -4.16. The maximum atomic E-state index is 13.4. The van der Waals surface area contributed by atoms with E-state index in [1.165, 1.54) is 23.1 Å². The Labute approximate surface area is 192 Å². The molecule has 3 rings (SSSR count). The number of amides is 3. The number of nitrogens with one attached hydrogen (secondary N) is 1. The predicted octanol–water partition coefficient (Wildman–Crippen LogP) is 2.43. The van der Waals surface area contributed by atoms with E-state index in [1.807, 2.05) is 0 Å². The second-order valence-corrected chi connectivity index (χ2v) is 9.48. The zero-order chi connectivity index (χ0) is 23.5. The normalized spacial score (nSPS) is 15.2. The number of carbonyl (C=O) groups is 3. The average molecular weight is 478 g/mol. The summed E-state index contributed by atoms with van der Waals surface area (Å²) in [6.45, 7) is 3.16. The Balaban J connectivity index is 1.94. The predicted molar refractivity (Wildman–Crippen MR) is 119 cm³/mol. The van der Waals surface area contributed by atoms with E-state index in [0.29, 0.717) is 27.9 Å². The SMILES string of the molecule is CCNC(=O)[C@H](CC)N(Cc1ccccc1Cl)C(=O)CN1C(=O)c2ccccc2S1(=O)=O. The van der Waals surface area contributed by atoms with Crippen LogP contribution in [0.3, 0.4) is 0 Å². The molecule has 10 heteroatoms. The zero-order valence-corrected chi connectivity index (χ0v) is 19.3. The molecule has 0 fully saturated rings. The third kappa shape index (κ3) is 4.49. The van der Waals surface area contributed by atoms with Gasteiger partial charge in [0.05, 0.1) is 5.56 Å². The minimum Gasteiger partial charge on any atom is -0.355 e. The number of benzene rings is 2. The van der Waals surface area contributed by atoms with Crippen LogP contribution in [0.25, 0.3) is 0 Å². The van der Waals surface area contributed by atoms with Crippen LogP contribution in [0, 0.1) is 0 Å².